The van der Waals surface area contributed by atoms with Crippen LogP contribution in [0.5, 0.6) is 0 Å². The van der Waals surface area contributed by atoms with E-state index in [2.05, 4.69) is 185 Å². The third-order valence-corrected chi connectivity index (χ3v) is 12.6. The molecule has 5 nitrogen and oxygen atoms in total. The molecule has 8 aromatic carbocycles. The molecule has 0 saturated heterocycles. The lowest BCUT2D eigenvalue weighted by atomic mass is 10.0. The largest absolute Gasteiger partial charge is 0.454 e. The fraction of sp³-hybridized carbons (Fsp3) is 0.0392. The van der Waals surface area contributed by atoms with Crippen molar-refractivity contribution in [2.45, 2.75) is 12.3 Å². The van der Waals surface area contributed by atoms with Crippen LogP contribution in [0.4, 0.5) is 0 Å². The molecule has 0 saturated carbocycles. The number of nitrogens with one attached hydrogen (secondary N) is 2. The predicted molar refractivity (Wildman–Crippen MR) is 238 cm³/mol. The van der Waals surface area contributed by atoms with Gasteiger partial charge in [0.2, 0.25) is 0 Å². The summed E-state index contributed by atoms with van der Waals surface area (Å²) >= 11 is 1.86. The normalized spacial score (nSPS) is 15.9. The van der Waals surface area contributed by atoms with Crippen LogP contribution >= 0.6 is 11.3 Å². The third kappa shape index (κ3) is 5.22. The van der Waals surface area contributed by atoms with Gasteiger partial charge in [0.25, 0.3) is 0 Å². The van der Waals surface area contributed by atoms with E-state index < -0.39 is 0 Å². The Morgan fingerprint density at radius 2 is 1.16 bits per heavy atom. The van der Waals surface area contributed by atoms with Gasteiger partial charge in [-0.15, -0.1) is 11.3 Å². The Labute approximate surface area is 332 Å². The minimum Gasteiger partial charge on any atom is -0.454 e. The number of thiophene rings is 1. The minimum absolute atomic E-state index is 0.115. The first-order valence-electron chi connectivity index (χ1n) is 19.3. The van der Waals surface area contributed by atoms with Crippen LogP contribution < -0.4 is 10.6 Å². The summed E-state index contributed by atoms with van der Waals surface area (Å²) in [4.78, 5) is 5.19. The van der Waals surface area contributed by atoms with E-state index in [-0.39, 0.29) is 12.3 Å². The Kier molecular flexibility index (Phi) is 7.24. The highest BCUT2D eigenvalue weighted by atomic mass is 32.1. The van der Waals surface area contributed by atoms with Crippen LogP contribution in [0.3, 0.4) is 0 Å². The van der Waals surface area contributed by atoms with Crippen LogP contribution in [0.15, 0.2) is 191 Å². The zero-order valence-corrected chi connectivity index (χ0v) is 31.5. The molecule has 0 bridgehead atoms. The van der Waals surface area contributed by atoms with Crippen molar-refractivity contribution in [2.24, 2.45) is 4.99 Å². The van der Waals surface area contributed by atoms with Crippen LogP contribution in [0.2, 0.25) is 0 Å². The fourth-order valence-corrected chi connectivity index (χ4v) is 9.84. The van der Waals surface area contributed by atoms with Gasteiger partial charge in [-0.1, -0.05) is 127 Å². The number of hydrogen-bond donors (Lipinski definition) is 2. The van der Waals surface area contributed by atoms with Crippen molar-refractivity contribution >= 4 is 81.1 Å². The summed E-state index contributed by atoms with van der Waals surface area (Å²) in [5.41, 5.74) is 10.6. The second-order valence-corrected chi connectivity index (χ2v) is 15.9. The van der Waals surface area contributed by atoms with Gasteiger partial charge in [-0.25, -0.2) is 4.99 Å². The van der Waals surface area contributed by atoms with Gasteiger partial charge >= 0.3 is 0 Å². The van der Waals surface area contributed by atoms with Gasteiger partial charge in [0.05, 0.1) is 16.7 Å². The standard InChI is InChI=1S/C51H34N4OS/c1-3-12-31(13-4-1)49-52-50(32-14-5-2-6-15-32)54-51(53-49)35-22-25-37-39-18-11-20-44(48(39)56-45(37)30-35)55-42-19-9-7-16-36(42)40-28-33(23-26-43(40)55)34-24-27-47-41(29-34)38-17-8-10-21-46(38)57-47/h1-30,49-50,52H,(H,53,54). The second-order valence-electron chi connectivity index (χ2n) is 14.8. The SMILES string of the molecule is c1ccc(C2N=C(c3ccc4c(c3)oc3c(-n5c6ccccc6c6cc(-c7ccc8sc9ccccc9c8c7)ccc65)cccc34)NC(c3ccccc3)N2)cc1. The van der Waals surface area contributed by atoms with Crippen LogP contribution in [0.25, 0.3) is 80.7 Å². The molecular weight excluding hydrogens is 717 g/mol. The van der Waals surface area contributed by atoms with Crippen LogP contribution in [-0.2, 0) is 0 Å². The quantitative estimate of drug-likeness (QED) is 0.184. The van der Waals surface area contributed by atoms with E-state index in [1.165, 1.54) is 42.1 Å². The molecule has 12 rings (SSSR count). The molecule has 0 fully saturated rings. The van der Waals surface area contributed by atoms with Gasteiger partial charge in [0.1, 0.15) is 23.8 Å². The zero-order valence-electron chi connectivity index (χ0n) is 30.7. The third-order valence-electron chi connectivity index (χ3n) is 11.5. The van der Waals surface area contributed by atoms with Crippen molar-refractivity contribution in [1.29, 1.82) is 0 Å². The molecule has 0 aliphatic carbocycles. The second kappa shape index (κ2) is 12.8. The summed E-state index contributed by atoms with van der Waals surface area (Å²) in [6.45, 7) is 0. The van der Waals surface area contributed by atoms with Crippen molar-refractivity contribution in [1.82, 2.24) is 15.2 Å². The lowest BCUT2D eigenvalue weighted by Crippen LogP contribution is -2.44. The number of benzene rings is 8. The Morgan fingerprint density at radius 1 is 0.491 bits per heavy atom. The van der Waals surface area contributed by atoms with E-state index >= 15 is 0 Å². The number of amidine groups is 1. The Balaban J connectivity index is 0.981. The zero-order chi connectivity index (χ0) is 37.5. The van der Waals surface area contributed by atoms with E-state index in [9.17, 15) is 0 Å². The van der Waals surface area contributed by atoms with Crippen molar-refractivity contribution in [3.63, 3.8) is 0 Å². The molecule has 4 heterocycles. The van der Waals surface area contributed by atoms with Gasteiger partial charge in [0.15, 0.2) is 5.58 Å². The van der Waals surface area contributed by atoms with Crippen molar-refractivity contribution in [2.75, 3.05) is 0 Å². The smallest absolute Gasteiger partial charge is 0.159 e. The summed E-state index contributed by atoms with van der Waals surface area (Å²) in [6.07, 6.45) is -0.323. The molecule has 6 heteroatoms. The Hall–Kier alpha value is -6.99. The molecule has 11 aromatic rings. The molecule has 3 aromatic heterocycles. The average Bonchev–Trinajstić information content (AvgIpc) is 3.95. The van der Waals surface area contributed by atoms with E-state index in [0.29, 0.717) is 0 Å². The van der Waals surface area contributed by atoms with Crippen LogP contribution in [0, 0.1) is 0 Å². The number of nitrogens with zero attached hydrogens (tertiary/aromatic N) is 2. The highest BCUT2D eigenvalue weighted by Crippen LogP contribution is 2.41. The maximum absolute atomic E-state index is 6.90. The molecule has 2 N–H and O–H groups in total. The number of hydrogen-bond acceptors (Lipinski definition) is 5. The monoisotopic (exact) mass is 750 g/mol. The van der Waals surface area contributed by atoms with Gasteiger partial charge in [-0.05, 0) is 76.9 Å². The minimum atomic E-state index is -0.208. The highest BCUT2D eigenvalue weighted by Gasteiger charge is 2.26. The summed E-state index contributed by atoms with van der Waals surface area (Å²) in [7, 11) is 0. The molecule has 2 unspecified atom stereocenters. The predicted octanol–water partition coefficient (Wildman–Crippen LogP) is 13.1. The van der Waals surface area contributed by atoms with E-state index in [1.807, 2.05) is 23.5 Å². The molecule has 57 heavy (non-hydrogen) atoms. The first-order valence-corrected chi connectivity index (χ1v) is 20.2. The maximum atomic E-state index is 6.90. The van der Waals surface area contributed by atoms with Gasteiger partial charge in [0, 0.05) is 47.3 Å². The summed E-state index contributed by atoms with van der Waals surface area (Å²) in [6, 6.07) is 65.0. The number of rotatable bonds is 5. The van der Waals surface area contributed by atoms with E-state index in [4.69, 9.17) is 9.41 Å². The average molecular weight is 751 g/mol. The Bertz CT molecular complexity index is 3380. The highest BCUT2D eigenvalue weighted by molar-refractivity contribution is 7.25. The summed E-state index contributed by atoms with van der Waals surface area (Å²) in [5, 5.41) is 14.6. The molecule has 1 aliphatic rings. The Morgan fingerprint density at radius 3 is 2.02 bits per heavy atom. The van der Waals surface area contributed by atoms with Crippen molar-refractivity contribution in [3.05, 3.63) is 199 Å². The first-order chi connectivity index (χ1) is 28.2. The number of fused-ring (bicyclic) bond motifs is 9. The van der Waals surface area contributed by atoms with Crippen molar-refractivity contribution in [3.8, 4) is 16.8 Å². The number of furan rings is 1. The van der Waals surface area contributed by atoms with Gasteiger partial charge in [-0.2, -0.15) is 0 Å². The topological polar surface area (TPSA) is 54.5 Å². The molecule has 0 amide bonds. The van der Waals surface area contributed by atoms with Gasteiger partial charge < -0.3 is 14.3 Å². The summed E-state index contributed by atoms with van der Waals surface area (Å²) in [5.74, 6) is 0.823. The van der Waals surface area contributed by atoms with E-state index in [1.54, 1.807) is 0 Å². The van der Waals surface area contributed by atoms with E-state index in [0.717, 1.165) is 61.2 Å². The molecule has 1 aliphatic heterocycles. The molecule has 0 radical (unpaired) electrons. The molecular formula is C51H34N4OS. The number of para-hydroxylation sites is 2. The van der Waals surface area contributed by atoms with Crippen LogP contribution in [0.1, 0.15) is 29.0 Å². The fourth-order valence-electron chi connectivity index (χ4n) is 8.75. The van der Waals surface area contributed by atoms with Crippen molar-refractivity contribution < 1.29 is 4.42 Å². The molecule has 0 spiro atoms. The molecule has 270 valence electrons. The first kappa shape index (κ1) is 32.3. The summed E-state index contributed by atoms with van der Waals surface area (Å²) < 4.78 is 11.9. The number of aliphatic imine (C=N–C) groups is 1. The number of aromatic nitrogens is 1. The maximum Gasteiger partial charge on any atom is 0.159 e. The van der Waals surface area contributed by atoms with Crippen LogP contribution in [-0.4, -0.2) is 10.4 Å². The molecule has 2 atom stereocenters. The lowest BCUT2D eigenvalue weighted by molar-refractivity contribution is 0.409. The van der Waals surface area contributed by atoms with Gasteiger partial charge in [-0.3, -0.25) is 5.32 Å². The lowest BCUT2D eigenvalue weighted by Gasteiger charge is -2.32.